The molecule has 1 heterocycles. The molecular formula is C14H17ClN2O2. The predicted molar refractivity (Wildman–Crippen MR) is 77.6 cm³/mol. The molecule has 0 spiro atoms. The molecular weight excluding hydrogens is 264 g/mol. The van der Waals surface area contributed by atoms with E-state index < -0.39 is 0 Å². The highest BCUT2D eigenvalue weighted by Gasteiger charge is 2.16. The van der Waals surface area contributed by atoms with Gasteiger partial charge < -0.3 is 14.8 Å². The smallest absolute Gasteiger partial charge is 0.176 e. The number of ether oxygens (including phenoxy) is 2. The molecule has 0 radical (unpaired) electrons. The molecule has 2 rings (SSSR count). The van der Waals surface area contributed by atoms with Crippen molar-refractivity contribution in [2.24, 2.45) is 0 Å². The number of fused-ring (bicyclic) bond motifs is 1. The number of pyridine rings is 1. The summed E-state index contributed by atoms with van der Waals surface area (Å²) in [7, 11) is 3.24. The molecule has 0 fully saturated rings. The van der Waals surface area contributed by atoms with Gasteiger partial charge in [0, 0.05) is 31.5 Å². The minimum atomic E-state index is -0.317. The highest BCUT2D eigenvalue weighted by Crippen LogP contribution is 2.28. The van der Waals surface area contributed by atoms with E-state index in [2.05, 4.69) is 10.3 Å². The van der Waals surface area contributed by atoms with Crippen LogP contribution in [-0.2, 0) is 9.47 Å². The maximum absolute atomic E-state index is 6.14. The van der Waals surface area contributed by atoms with Crippen molar-refractivity contribution in [2.75, 3.05) is 19.5 Å². The Morgan fingerprint density at radius 1 is 1.21 bits per heavy atom. The summed E-state index contributed by atoms with van der Waals surface area (Å²) in [4.78, 5) is 4.30. The van der Waals surface area contributed by atoms with Crippen molar-refractivity contribution in [3.63, 3.8) is 0 Å². The topological polar surface area (TPSA) is 43.4 Å². The first kappa shape index (κ1) is 14.1. The van der Waals surface area contributed by atoms with Crippen LogP contribution in [0.1, 0.15) is 6.92 Å². The van der Waals surface area contributed by atoms with Crippen LogP contribution < -0.4 is 5.32 Å². The van der Waals surface area contributed by atoms with E-state index in [0.29, 0.717) is 5.02 Å². The van der Waals surface area contributed by atoms with Gasteiger partial charge in [0.2, 0.25) is 0 Å². The van der Waals surface area contributed by atoms with Gasteiger partial charge in [-0.25, -0.2) is 0 Å². The van der Waals surface area contributed by atoms with Crippen molar-refractivity contribution in [2.45, 2.75) is 19.3 Å². The maximum atomic E-state index is 6.14. The lowest BCUT2D eigenvalue weighted by Gasteiger charge is -2.23. The number of benzene rings is 1. The van der Waals surface area contributed by atoms with E-state index in [1.54, 1.807) is 20.4 Å². The van der Waals surface area contributed by atoms with E-state index >= 15 is 0 Å². The first-order valence-electron chi connectivity index (χ1n) is 6.02. The SMILES string of the molecule is COC(OC)C(C)Nc1ccc(Cl)c2ncccc12. The van der Waals surface area contributed by atoms with Gasteiger partial charge in [-0.1, -0.05) is 11.6 Å². The minimum Gasteiger partial charge on any atom is -0.377 e. The number of aromatic nitrogens is 1. The monoisotopic (exact) mass is 280 g/mol. The molecule has 0 aliphatic heterocycles. The van der Waals surface area contributed by atoms with Gasteiger partial charge in [0.15, 0.2) is 6.29 Å². The Morgan fingerprint density at radius 2 is 1.95 bits per heavy atom. The predicted octanol–water partition coefficient (Wildman–Crippen LogP) is 3.31. The third-order valence-corrected chi connectivity index (χ3v) is 3.28. The first-order chi connectivity index (χ1) is 9.17. The van der Waals surface area contributed by atoms with E-state index in [4.69, 9.17) is 21.1 Å². The number of anilines is 1. The third-order valence-electron chi connectivity index (χ3n) is 2.98. The molecule has 0 amide bonds. The second kappa shape index (κ2) is 6.19. The Balaban J connectivity index is 2.33. The second-order valence-electron chi connectivity index (χ2n) is 4.27. The van der Waals surface area contributed by atoms with Crippen LogP contribution in [0, 0.1) is 0 Å². The average Bonchev–Trinajstić information content (AvgIpc) is 2.44. The van der Waals surface area contributed by atoms with E-state index in [9.17, 15) is 0 Å². The van der Waals surface area contributed by atoms with Crippen LogP contribution in [-0.4, -0.2) is 31.5 Å². The highest BCUT2D eigenvalue weighted by atomic mass is 35.5. The van der Waals surface area contributed by atoms with E-state index in [1.165, 1.54) is 0 Å². The zero-order valence-corrected chi connectivity index (χ0v) is 11.9. The lowest BCUT2D eigenvalue weighted by atomic mass is 10.1. The van der Waals surface area contributed by atoms with Crippen molar-refractivity contribution in [1.29, 1.82) is 0 Å². The van der Waals surface area contributed by atoms with Crippen LogP contribution in [0.2, 0.25) is 5.02 Å². The summed E-state index contributed by atoms with van der Waals surface area (Å²) in [6.07, 6.45) is 1.41. The molecule has 4 nitrogen and oxygen atoms in total. The summed E-state index contributed by atoms with van der Waals surface area (Å²) < 4.78 is 10.5. The summed E-state index contributed by atoms with van der Waals surface area (Å²) >= 11 is 6.14. The van der Waals surface area contributed by atoms with Crippen molar-refractivity contribution in [3.8, 4) is 0 Å². The van der Waals surface area contributed by atoms with Crippen LogP contribution in [0.4, 0.5) is 5.69 Å². The number of rotatable bonds is 5. The fourth-order valence-corrected chi connectivity index (χ4v) is 2.30. The average molecular weight is 281 g/mol. The summed E-state index contributed by atoms with van der Waals surface area (Å²) in [5, 5.41) is 4.99. The number of hydrogen-bond donors (Lipinski definition) is 1. The summed E-state index contributed by atoms with van der Waals surface area (Å²) in [6, 6.07) is 7.64. The Morgan fingerprint density at radius 3 is 2.63 bits per heavy atom. The number of hydrogen-bond acceptors (Lipinski definition) is 4. The molecule has 1 atom stereocenters. The fraction of sp³-hybridized carbons (Fsp3) is 0.357. The molecule has 0 saturated carbocycles. The molecule has 1 N–H and O–H groups in total. The van der Waals surface area contributed by atoms with Crippen LogP contribution >= 0.6 is 11.6 Å². The highest BCUT2D eigenvalue weighted by molar-refractivity contribution is 6.35. The van der Waals surface area contributed by atoms with Gasteiger partial charge in [-0.05, 0) is 31.2 Å². The third kappa shape index (κ3) is 2.97. The molecule has 0 saturated heterocycles. The number of halogens is 1. The van der Waals surface area contributed by atoms with Gasteiger partial charge in [-0.2, -0.15) is 0 Å². The van der Waals surface area contributed by atoms with Crippen LogP contribution in [0.3, 0.4) is 0 Å². The van der Waals surface area contributed by atoms with Gasteiger partial charge in [0.1, 0.15) is 0 Å². The van der Waals surface area contributed by atoms with Gasteiger partial charge >= 0.3 is 0 Å². The normalized spacial score (nSPS) is 12.9. The lowest BCUT2D eigenvalue weighted by Crippen LogP contribution is -2.33. The summed E-state index contributed by atoms with van der Waals surface area (Å²) in [5.41, 5.74) is 1.74. The van der Waals surface area contributed by atoms with Gasteiger partial charge in [0.05, 0.1) is 16.6 Å². The fourth-order valence-electron chi connectivity index (χ4n) is 2.08. The Bertz CT molecular complexity index is 558. The Kier molecular flexibility index (Phi) is 4.58. The van der Waals surface area contributed by atoms with Crippen molar-refractivity contribution < 1.29 is 9.47 Å². The van der Waals surface area contributed by atoms with Gasteiger partial charge in [-0.15, -0.1) is 0 Å². The molecule has 5 heteroatoms. The largest absolute Gasteiger partial charge is 0.377 e. The molecule has 0 aliphatic carbocycles. The zero-order chi connectivity index (χ0) is 13.8. The Labute approximate surface area is 117 Å². The van der Waals surface area contributed by atoms with Crippen LogP contribution in [0.25, 0.3) is 10.9 Å². The quantitative estimate of drug-likeness (QED) is 0.854. The van der Waals surface area contributed by atoms with Crippen LogP contribution in [0.5, 0.6) is 0 Å². The molecule has 1 aromatic carbocycles. The summed E-state index contributed by atoms with van der Waals surface area (Å²) in [5.74, 6) is 0. The molecule has 19 heavy (non-hydrogen) atoms. The van der Waals surface area contributed by atoms with Gasteiger partial charge in [0.25, 0.3) is 0 Å². The molecule has 0 aliphatic rings. The first-order valence-corrected chi connectivity index (χ1v) is 6.40. The van der Waals surface area contributed by atoms with Crippen molar-refractivity contribution in [1.82, 2.24) is 4.98 Å². The van der Waals surface area contributed by atoms with Crippen LogP contribution in [0.15, 0.2) is 30.5 Å². The number of nitrogens with one attached hydrogen (secondary N) is 1. The lowest BCUT2D eigenvalue weighted by molar-refractivity contribution is -0.109. The molecule has 102 valence electrons. The zero-order valence-electron chi connectivity index (χ0n) is 11.2. The van der Waals surface area contributed by atoms with E-state index in [0.717, 1.165) is 16.6 Å². The molecule has 1 unspecified atom stereocenters. The molecule has 2 aromatic rings. The number of methoxy groups -OCH3 is 2. The number of nitrogens with zero attached hydrogens (tertiary/aromatic N) is 1. The van der Waals surface area contributed by atoms with Crippen molar-refractivity contribution >= 4 is 28.2 Å². The summed E-state index contributed by atoms with van der Waals surface area (Å²) in [6.45, 7) is 1.99. The minimum absolute atomic E-state index is 0.000387. The maximum Gasteiger partial charge on any atom is 0.176 e. The Hall–Kier alpha value is -1.36. The van der Waals surface area contributed by atoms with Crippen molar-refractivity contribution in [3.05, 3.63) is 35.5 Å². The van der Waals surface area contributed by atoms with E-state index in [-0.39, 0.29) is 12.3 Å². The second-order valence-corrected chi connectivity index (χ2v) is 4.67. The standard InChI is InChI=1S/C14H17ClN2O2/c1-9(14(18-2)19-3)17-12-7-6-11(15)13-10(12)5-4-8-16-13/h4-9,14,17H,1-3H3. The van der Waals surface area contributed by atoms with Gasteiger partial charge in [-0.3, -0.25) is 4.98 Å². The molecule has 0 bridgehead atoms. The van der Waals surface area contributed by atoms with E-state index in [1.807, 2.05) is 31.2 Å². The molecule has 1 aromatic heterocycles.